The van der Waals surface area contributed by atoms with Crippen molar-refractivity contribution in [2.75, 3.05) is 26.2 Å². The van der Waals surface area contributed by atoms with Crippen LogP contribution in [-0.4, -0.2) is 50.5 Å². The molecule has 0 N–H and O–H groups in total. The largest absolute Gasteiger partial charge is 0.389 e. The maximum Gasteiger partial charge on any atom is 0.389 e. The van der Waals surface area contributed by atoms with Crippen molar-refractivity contribution < 1.29 is 43.8 Å². The third-order valence-electron chi connectivity index (χ3n) is 3.83. The Hall–Kier alpha value is -0.550. The molecule has 0 aromatic heterocycles. The van der Waals surface area contributed by atoms with Gasteiger partial charge in [0.1, 0.15) is 0 Å². The Balaban J connectivity index is 0. The SMILES string of the molecule is CC[N+](CC)(CC)CC.O=S(=O)(OF)C(F)(F)CCC(F)(F)F. The quantitative estimate of drug-likeness (QED) is 0.474. The van der Waals surface area contributed by atoms with Crippen LogP contribution in [0.25, 0.3) is 0 Å². The summed E-state index contributed by atoms with van der Waals surface area (Å²) in [6.45, 7) is 14.2. The van der Waals surface area contributed by atoms with E-state index < -0.39 is 34.4 Å². The summed E-state index contributed by atoms with van der Waals surface area (Å²) < 4.78 is 93.1. The average Bonchev–Trinajstić information content (AvgIpc) is 2.48. The van der Waals surface area contributed by atoms with Crippen molar-refractivity contribution in [2.24, 2.45) is 0 Å². The van der Waals surface area contributed by atoms with Gasteiger partial charge in [-0.3, -0.25) is 0 Å². The van der Waals surface area contributed by atoms with Gasteiger partial charge in [0.25, 0.3) is 0 Å². The minimum absolute atomic E-state index is 1.28. The van der Waals surface area contributed by atoms with Crippen molar-refractivity contribution in [3.8, 4) is 0 Å². The Labute approximate surface area is 133 Å². The number of hydrogen-bond acceptors (Lipinski definition) is 3. The fraction of sp³-hybridized carbons (Fsp3) is 1.00. The van der Waals surface area contributed by atoms with Gasteiger partial charge in [-0.25, -0.2) is 0 Å². The second kappa shape index (κ2) is 9.67. The van der Waals surface area contributed by atoms with Crippen molar-refractivity contribution in [3.63, 3.8) is 0 Å². The Kier molecular flexibility index (Phi) is 10.4. The molecule has 0 atom stereocenters. The third-order valence-corrected chi connectivity index (χ3v) is 4.93. The van der Waals surface area contributed by atoms with Crippen molar-refractivity contribution in [1.82, 2.24) is 0 Å². The molecule has 23 heavy (non-hydrogen) atoms. The molecule has 0 saturated carbocycles. The molecule has 0 heterocycles. The van der Waals surface area contributed by atoms with E-state index in [1.54, 1.807) is 0 Å². The van der Waals surface area contributed by atoms with E-state index in [4.69, 9.17) is 0 Å². The molecule has 0 fully saturated rings. The van der Waals surface area contributed by atoms with Gasteiger partial charge in [0.15, 0.2) is 0 Å². The first-order valence-corrected chi connectivity index (χ1v) is 8.51. The first-order chi connectivity index (χ1) is 10.3. The van der Waals surface area contributed by atoms with E-state index in [9.17, 15) is 34.9 Å². The molecule has 0 aliphatic rings. The van der Waals surface area contributed by atoms with Crippen LogP contribution >= 0.6 is 0 Å². The van der Waals surface area contributed by atoms with E-state index in [1.807, 2.05) is 4.39 Å². The molecule has 0 radical (unpaired) electrons. The summed E-state index contributed by atoms with van der Waals surface area (Å²) in [5.41, 5.74) is 0. The highest BCUT2D eigenvalue weighted by atomic mass is 32.2. The molecule has 0 aliphatic carbocycles. The zero-order valence-corrected chi connectivity index (χ0v) is 14.4. The zero-order valence-electron chi connectivity index (χ0n) is 13.6. The highest BCUT2D eigenvalue weighted by Gasteiger charge is 2.49. The fourth-order valence-electron chi connectivity index (χ4n) is 1.80. The smallest absolute Gasteiger partial charge is 0.325 e. The lowest BCUT2D eigenvalue weighted by Crippen LogP contribution is -2.47. The Morgan fingerprint density at radius 3 is 1.35 bits per heavy atom. The monoisotopic (exact) mass is 376 g/mol. The molecule has 11 heteroatoms. The molecule has 142 valence electrons. The van der Waals surface area contributed by atoms with Crippen LogP contribution in [0.3, 0.4) is 0 Å². The Bertz CT molecular complexity index is 403. The molecule has 0 aromatic carbocycles. The topological polar surface area (TPSA) is 43.4 Å². The van der Waals surface area contributed by atoms with E-state index >= 15 is 0 Å². The van der Waals surface area contributed by atoms with Gasteiger partial charge in [-0.2, -0.15) is 30.4 Å². The van der Waals surface area contributed by atoms with Gasteiger partial charge in [0, 0.05) is 6.42 Å². The van der Waals surface area contributed by atoms with Crippen molar-refractivity contribution >= 4 is 10.1 Å². The Morgan fingerprint density at radius 2 is 1.17 bits per heavy atom. The summed E-state index contributed by atoms with van der Waals surface area (Å²) in [6, 6.07) is 0. The summed E-state index contributed by atoms with van der Waals surface area (Å²) in [5.74, 6) is 0. The fourth-order valence-corrected chi connectivity index (χ4v) is 2.24. The molecule has 0 unspecified atom stereocenters. The second-order valence-electron chi connectivity index (χ2n) is 4.88. The molecule has 4 nitrogen and oxygen atoms in total. The molecule has 0 spiro atoms. The van der Waals surface area contributed by atoms with Gasteiger partial charge >= 0.3 is 21.5 Å². The summed E-state index contributed by atoms with van der Waals surface area (Å²) in [5, 5.41) is -4.89. The minimum atomic E-state index is -5.92. The van der Waals surface area contributed by atoms with Crippen LogP contribution in [0, 0.1) is 0 Å². The lowest BCUT2D eigenvalue weighted by atomic mass is 10.3. The molecule has 0 amide bonds. The van der Waals surface area contributed by atoms with Gasteiger partial charge in [-0.1, -0.05) is 4.39 Å². The average molecular weight is 376 g/mol. The minimum Gasteiger partial charge on any atom is -0.325 e. The lowest BCUT2D eigenvalue weighted by Gasteiger charge is -2.34. The first-order valence-electron chi connectivity index (χ1n) is 7.10. The van der Waals surface area contributed by atoms with Gasteiger partial charge in [-0.15, -0.1) is 0 Å². The normalized spacial score (nSPS) is 13.5. The third kappa shape index (κ3) is 8.75. The molecule has 0 saturated heterocycles. The predicted octanol–water partition coefficient (Wildman–Crippen LogP) is 4.04. The highest BCUT2D eigenvalue weighted by molar-refractivity contribution is 7.87. The molecule has 0 bridgehead atoms. The van der Waals surface area contributed by atoms with Crippen LogP contribution < -0.4 is 0 Å². The molecule has 0 aliphatic heterocycles. The number of alkyl halides is 5. The molecule has 0 aromatic rings. The number of nitrogens with zero attached hydrogens (tertiary/aromatic N) is 1. The summed E-state index contributed by atoms with van der Waals surface area (Å²) in [4.78, 5) is 0. The molecular weight excluding hydrogens is 352 g/mol. The summed E-state index contributed by atoms with van der Waals surface area (Å²) in [7, 11) is -5.92. The number of quaternary nitrogens is 1. The van der Waals surface area contributed by atoms with Gasteiger partial charge in [0.05, 0.1) is 32.6 Å². The van der Waals surface area contributed by atoms with Crippen LogP contribution in [0.5, 0.6) is 0 Å². The van der Waals surface area contributed by atoms with E-state index in [1.165, 1.54) is 30.7 Å². The summed E-state index contributed by atoms with van der Waals surface area (Å²) >= 11 is 0. The second-order valence-corrected chi connectivity index (χ2v) is 6.51. The standard InChI is InChI=1S/C8H20N.C4H4F6O3S/c1-5-9(6-2,7-3)8-4;5-3(6,7)1-2-4(8,9)14(11,12)13-10/h5-8H2,1-4H3;1-2H2/q+1;. The van der Waals surface area contributed by atoms with Crippen LogP contribution in [0.1, 0.15) is 40.5 Å². The van der Waals surface area contributed by atoms with Crippen LogP contribution in [-0.2, 0) is 14.5 Å². The zero-order chi connectivity index (χ0) is 18.9. The van der Waals surface area contributed by atoms with Gasteiger partial charge < -0.3 is 4.48 Å². The van der Waals surface area contributed by atoms with Crippen LogP contribution in [0.4, 0.5) is 26.5 Å². The highest BCUT2D eigenvalue weighted by Crippen LogP contribution is 2.33. The van der Waals surface area contributed by atoms with Crippen LogP contribution in [0.15, 0.2) is 0 Å². The number of halogens is 6. The molecular formula is C12H24F6NO3S+. The number of hydrogen-bond donors (Lipinski definition) is 0. The maximum absolute atomic E-state index is 12.3. The van der Waals surface area contributed by atoms with Crippen molar-refractivity contribution in [3.05, 3.63) is 0 Å². The van der Waals surface area contributed by atoms with Crippen molar-refractivity contribution in [2.45, 2.75) is 52.0 Å². The maximum atomic E-state index is 12.3. The van der Waals surface area contributed by atoms with E-state index in [2.05, 4.69) is 27.7 Å². The van der Waals surface area contributed by atoms with Gasteiger partial charge in [0.2, 0.25) is 0 Å². The van der Waals surface area contributed by atoms with E-state index in [-0.39, 0.29) is 0 Å². The Morgan fingerprint density at radius 1 is 0.826 bits per heavy atom. The van der Waals surface area contributed by atoms with E-state index in [0.717, 1.165) is 0 Å². The van der Waals surface area contributed by atoms with E-state index in [0.29, 0.717) is 0 Å². The molecule has 0 rings (SSSR count). The summed E-state index contributed by atoms with van der Waals surface area (Å²) in [6.07, 6.45) is -9.08. The predicted molar refractivity (Wildman–Crippen MR) is 73.8 cm³/mol. The van der Waals surface area contributed by atoms with Crippen LogP contribution in [0.2, 0.25) is 0 Å². The number of rotatable bonds is 8. The first kappa shape index (κ1) is 24.7. The lowest BCUT2D eigenvalue weighted by molar-refractivity contribution is -0.921. The van der Waals surface area contributed by atoms with Gasteiger partial charge in [-0.05, 0) is 32.2 Å². The van der Waals surface area contributed by atoms with Crippen molar-refractivity contribution in [1.29, 1.82) is 0 Å².